The summed E-state index contributed by atoms with van der Waals surface area (Å²) >= 11 is 0. The zero-order valence-corrected chi connectivity index (χ0v) is 38.1. The lowest BCUT2D eigenvalue weighted by Gasteiger charge is -2.49. The topological polar surface area (TPSA) is 36.9 Å². The SMILES string of the molecule is C[C@@H](OCCC(C)(C)C)C1CCC2/C(=C/C=C3C[C@H](O[Si](C)(C)C(C)(C)C)C(O[Si](C)(C)C)[C@H](O[Si](C)(C)C(C)(C)C)C3)CCCC21C. The first kappa shape index (κ1) is 42.4. The summed E-state index contributed by atoms with van der Waals surface area (Å²) in [5, 5.41) is 0.268. The van der Waals surface area contributed by atoms with Gasteiger partial charge in [-0.2, -0.15) is 0 Å². The van der Waals surface area contributed by atoms with Crippen LogP contribution in [0.25, 0.3) is 0 Å². The standard InChI is InChI=1S/C41H80O4Si3/c1-30(42-27-26-38(2,3)4)33-23-24-34-32(20-19-25-41(33,34)11)22-21-31-28-35(43-47(15,16)39(5,6)7)37(45-46(12,13)14)36(29-31)44-48(17,18)40(8,9)10/h21-22,30,33-37H,19-20,23-29H2,1-18H3/b31-21?,32-22+/t30-,33?,34?,35-,36+,37?,41?/m1/s1. The Balaban J connectivity index is 1.95. The maximum atomic E-state index is 7.33. The fourth-order valence-electron chi connectivity index (χ4n) is 8.04. The van der Waals surface area contributed by atoms with E-state index in [4.69, 9.17) is 18.0 Å². The lowest BCUT2D eigenvalue weighted by molar-refractivity contribution is -0.0502. The van der Waals surface area contributed by atoms with Crippen molar-refractivity contribution >= 4 is 25.0 Å². The Kier molecular flexibility index (Phi) is 13.4. The van der Waals surface area contributed by atoms with Crippen LogP contribution >= 0.6 is 0 Å². The summed E-state index contributed by atoms with van der Waals surface area (Å²) in [4.78, 5) is 0. The largest absolute Gasteiger partial charge is 0.411 e. The van der Waals surface area contributed by atoms with Gasteiger partial charge in [-0.3, -0.25) is 0 Å². The zero-order valence-electron chi connectivity index (χ0n) is 35.1. The van der Waals surface area contributed by atoms with Gasteiger partial charge in [0.2, 0.25) is 0 Å². The van der Waals surface area contributed by atoms with Gasteiger partial charge in [-0.25, -0.2) is 0 Å². The van der Waals surface area contributed by atoms with Crippen molar-refractivity contribution in [3.8, 4) is 0 Å². The van der Waals surface area contributed by atoms with Gasteiger partial charge >= 0.3 is 0 Å². The molecule has 280 valence electrons. The molecule has 0 N–H and O–H groups in total. The summed E-state index contributed by atoms with van der Waals surface area (Å²) in [7, 11) is -5.96. The van der Waals surface area contributed by atoms with E-state index >= 15 is 0 Å². The van der Waals surface area contributed by atoms with Crippen LogP contribution in [0.1, 0.15) is 128 Å². The molecule has 0 radical (unpaired) electrons. The number of hydrogen-bond donors (Lipinski definition) is 0. The number of rotatable bonds is 11. The second kappa shape index (κ2) is 15.1. The second-order valence-corrected chi connectivity index (χ2v) is 35.5. The summed E-state index contributed by atoms with van der Waals surface area (Å²) in [5.41, 5.74) is 3.80. The van der Waals surface area contributed by atoms with Gasteiger partial charge in [0.05, 0.1) is 24.4 Å². The molecule has 4 nitrogen and oxygen atoms in total. The molecule has 3 saturated carbocycles. The molecule has 0 bridgehead atoms. The molecule has 0 heterocycles. The van der Waals surface area contributed by atoms with E-state index < -0.39 is 25.0 Å². The zero-order chi connectivity index (χ0) is 36.7. The van der Waals surface area contributed by atoms with Crippen LogP contribution in [0, 0.1) is 22.7 Å². The third-order valence-electron chi connectivity index (χ3n) is 13.0. The van der Waals surface area contributed by atoms with Crippen LogP contribution in [-0.2, 0) is 18.0 Å². The van der Waals surface area contributed by atoms with Crippen LogP contribution in [0.5, 0.6) is 0 Å². The summed E-state index contributed by atoms with van der Waals surface area (Å²) in [5.74, 6) is 1.30. The molecule has 3 rings (SSSR count). The molecule has 0 aliphatic heterocycles. The first-order valence-corrected chi connectivity index (χ1v) is 28.8. The van der Waals surface area contributed by atoms with E-state index in [-0.39, 0.29) is 28.4 Å². The van der Waals surface area contributed by atoms with Crippen molar-refractivity contribution in [2.75, 3.05) is 6.61 Å². The van der Waals surface area contributed by atoms with E-state index in [9.17, 15) is 0 Å². The average Bonchev–Trinajstić information content (AvgIpc) is 3.23. The van der Waals surface area contributed by atoms with Gasteiger partial charge in [0.25, 0.3) is 0 Å². The number of allylic oxidation sites excluding steroid dienone is 3. The van der Waals surface area contributed by atoms with Gasteiger partial charge in [0, 0.05) is 6.61 Å². The minimum absolute atomic E-state index is 0.0179. The Morgan fingerprint density at radius 3 is 1.75 bits per heavy atom. The van der Waals surface area contributed by atoms with Crippen molar-refractivity contribution in [3.63, 3.8) is 0 Å². The van der Waals surface area contributed by atoms with Gasteiger partial charge in [-0.05, 0) is 137 Å². The Morgan fingerprint density at radius 1 is 0.771 bits per heavy atom. The minimum atomic E-state index is -2.05. The maximum Gasteiger partial charge on any atom is 0.192 e. The molecule has 3 fully saturated rings. The summed E-state index contributed by atoms with van der Waals surface area (Å²) < 4.78 is 28.3. The molecular weight excluding hydrogens is 641 g/mol. The fraction of sp³-hybridized carbons (Fsp3) is 0.902. The van der Waals surface area contributed by atoms with Gasteiger partial charge in [-0.15, -0.1) is 0 Å². The fourth-order valence-corrected chi connectivity index (χ4v) is 11.8. The van der Waals surface area contributed by atoms with E-state index in [1.807, 2.05) is 0 Å². The molecule has 3 aliphatic rings. The predicted molar refractivity (Wildman–Crippen MR) is 215 cm³/mol. The van der Waals surface area contributed by atoms with Crippen molar-refractivity contribution in [2.24, 2.45) is 22.7 Å². The number of fused-ring (bicyclic) bond motifs is 1. The van der Waals surface area contributed by atoms with Gasteiger partial charge < -0.3 is 18.0 Å². The molecule has 48 heavy (non-hydrogen) atoms. The average molecular weight is 721 g/mol. The van der Waals surface area contributed by atoms with E-state index in [2.05, 4.69) is 134 Å². The summed E-state index contributed by atoms with van der Waals surface area (Å²) in [6, 6.07) is 0. The molecule has 4 unspecified atom stereocenters. The van der Waals surface area contributed by atoms with Crippen LogP contribution in [0.3, 0.4) is 0 Å². The second-order valence-electron chi connectivity index (χ2n) is 21.5. The Hall–Kier alpha value is -0.0294. The van der Waals surface area contributed by atoms with Crippen LogP contribution in [0.15, 0.2) is 23.3 Å². The molecular formula is C41H80O4Si3. The van der Waals surface area contributed by atoms with Gasteiger partial charge in [0.15, 0.2) is 25.0 Å². The van der Waals surface area contributed by atoms with E-state index in [1.165, 1.54) is 37.7 Å². The Labute approximate surface area is 302 Å². The van der Waals surface area contributed by atoms with Crippen LogP contribution in [0.4, 0.5) is 0 Å². The highest BCUT2D eigenvalue weighted by atomic mass is 28.4. The summed E-state index contributed by atoms with van der Waals surface area (Å²) in [6.07, 6.45) is 14.8. The first-order chi connectivity index (χ1) is 21.6. The predicted octanol–water partition coefficient (Wildman–Crippen LogP) is 12.7. The third-order valence-corrected chi connectivity index (χ3v) is 23.0. The van der Waals surface area contributed by atoms with Crippen molar-refractivity contribution in [1.29, 1.82) is 0 Å². The maximum absolute atomic E-state index is 7.33. The summed E-state index contributed by atoms with van der Waals surface area (Å²) in [6.45, 7) is 43.4. The lowest BCUT2D eigenvalue weighted by atomic mass is 9.62. The minimum Gasteiger partial charge on any atom is -0.411 e. The molecule has 0 saturated heterocycles. The molecule has 0 aromatic heterocycles. The number of hydrogen-bond acceptors (Lipinski definition) is 4. The van der Waals surface area contributed by atoms with Crippen molar-refractivity contribution < 1.29 is 18.0 Å². The highest BCUT2D eigenvalue weighted by Crippen LogP contribution is 2.59. The highest BCUT2D eigenvalue weighted by Gasteiger charge is 2.52. The monoisotopic (exact) mass is 721 g/mol. The van der Waals surface area contributed by atoms with Crippen molar-refractivity contribution in [2.45, 2.75) is 208 Å². The van der Waals surface area contributed by atoms with Crippen molar-refractivity contribution in [1.82, 2.24) is 0 Å². The van der Waals surface area contributed by atoms with E-state index in [0.717, 1.165) is 25.9 Å². The lowest BCUT2D eigenvalue weighted by Crippen LogP contribution is -2.58. The number of ether oxygens (including phenoxy) is 1. The molecule has 7 atom stereocenters. The smallest absolute Gasteiger partial charge is 0.192 e. The molecule has 0 aromatic carbocycles. The third kappa shape index (κ3) is 10.8. The normalized spacial score (nSPS) is 32.2. The van der Waals surface area contributed by atoms with Gasteiger partial charge in [0.1, 0.15) is 0 Å². The molecule has 7 heteroatoms. The highest BCUT2D eigenvalue weighted by molar-refractivity contribution is 6.74. The Morgan fingerprint density at radius 2 is 1.29 bits per heavy atom. The molecule has 0 spiro atoms. The molecule has 3 aliphatic carbocycles. The Bertz CT molecular complexity index is 1090. The van der Waals surface area contributed by atoms with Crippen LogP contribution < -0.4 is 0 Å². The van der Waals surface area contributed by atoms with E-state index in [0.29, 0.717) is 28.8 Å². The van der Waals surface area contributed by atoms with Crippen LogP contribution in [-0.4, -0.2) is 56.0 Å². The van der Waals surface area contributed by atoms with Crippen LogP contribution in [0.2, 0.25) is 55.9 Å². The first-order valence-electron chi connectivity index (χ1n) is 19.6. The molecule has 0 amide bonds. The quantitative estimate of drug-likeness (QED) is 0.199. The van der Waals surface area contributed by atoms with Gasteiger partial charge in [-0.1, -0.05) is 92.5 Å². The van der Waals surface area contributed by atoms with E-state index in [1.54, 1.807) is 5.57 Å². The van der Waals surface area contributed by atoms with Crippen molar-refractivity contribution in [3.05, 3.63) is 23.3 Å². The molecule has 0 aromatic rings.